The first-order chi connectivity index (χ1) is 12.8. The first-order valence-corrected chi connectivity index (χ1v) is 9.83. The fourth-order valence-corrected chi connectivity index (χ4v) is 3.73. The smallest absolute Gasteiger partial charge is 0.319 e. The number of rotatable bonds is 4. The summed E-state index contributed by atoms with van der Waals surface area (Å²) in [6.45, 7) is 0. The number of hydrogen-bond acceptors (Lipinski definition) is 6. The molecule has 1 aromatic heterocycles. The first kappa shape index (κ1) is 18.8. The number of nitrogens with zero attached hydrogens (tertiary/aromatic N) is 3. The summed E-state index contributed by atoms with van der Waals surface area (Å²) in [7, 11) is -3.79. The van der Waals surface area contributed by atoms with E-state index >= 15 is 0 Å². The SMILES string of the molecule is N#Cc1nccc(C2(NC(=O)Nc3ccc(S(N)(=O)=O)cc3)CCCC2)n1. The van der Waals surface area contributed by atoms with E-state index in [0.717, 1.165) is 12.8 Å². The van der Waals surface area contributed by atoms with Crippen LogP contribution in [0.25, 0.3) is 0 Å². The van der Waals surface area contributed by atoms with E-state index in [9.17, 15) is 13.2 Å². The Morgan fingerprint density at radius 3 is 2.44 bits per heavy atom. The van der Waals surface area contributed by atoms with Crippen molar-refractivity contribution in [3.63, 3.8) is 0 Å². The zero-order valence-corrected chi connectivity index (χ0v) is 15.2. The van der Waals surface area contributed by atoms with Crippen LogP contribution in [0.4, 0.5) is 10.5 Å². The molecule has 1 aliphatic rings. The molecule has 1 aliphatic carbocycles. The van der Waals surface area contributed by atoms with Crippen LogP contribution in [0.1, 0.15) is 37.2 Å². The molecule has 0 atom stereocenters. The van der Waals surface area contributed by atoms with E-state index in [-0.39, 0.29) is 10.7 Å². The Bertz CT molecular complexity index is 992. The minimum atomic E-state index is -3.79. The second kappa shape index (κ2) is 7.30. The number of carbonyl (C=O) groups is 1. The Labute approximate surface area is 156 Å². The van der Waals surface area contributed by atoms with Gasteiger partial charge in [0, 0.05) is 11.9 Å². The lowest BCUT2D eigenvalue weighted by Gasteiger charge is -2.29. The van der Waals surface area contributed by atoms with Crippen molar-refractivity contribution in [2.75, 3.05) is 5.32 Å². The summed E-state index contributed by atoms with van der Waals surface area (Å²) in [6.07, 6.45) is 4.76. The lowest BCUT2D eigenvalue weighted by Crippen LogP contribution is -2.46. The molecule has 2 aromatic rings. The van der Waals surface area contributed by atoms with Gasteiger partial charge >= 0.3 is 6.03 Å². The number of hydrogen-bond donors (Lipinski definition) is 3. The Kier molecular flexibility index (Phi) is 5.07. The molecule has 10 heteroatoms. The highest BCUT2D eigenvalue weighted by Crippen LogP contribution is 2.37. The lowest BCUT2D eigenvalue weighted by atomic mass is 9.93. The molecule has 0 spiro atoms. The quantitative estimate of drug-likeness (QED) is 0.726. The summed E-state index contributed by atoms with van der Waals surface area (Å²) < 4.78 is 22.6. The van der Waals surface area contributed by atoms with E-state index in [1.165, 1.54) is 30.5 Å². The van der Waals surface area contributed by atoms with E-state index in [2.05, 4.69) is 20.6 Å². The average Bonchev–Trinajstić information content (AvgIpc) is 3.11. The van der Waals surface area contributed by atoms with Crippen LogP contribution in [0.15, 0.2) is 41.4 Å². The second-order valence-electron chi connectivity index (χ2n) is 6.32. The zero-order valence-electron chi connectivity index (χ0n) is 14.3. The summed E-state index contributed by atoms with van der Waals surface area (Å²) in [5, 5.41) is 19.7. The van der Waals surface area contributed by atoms with Gasteiger partial charge in [-0.2, -0.15) is 5.26 Å². The van der Waals surface area contributed by atoms with Gasteiger partial charge in [0.25, 0.3) is 0 Å². The van der Waals surface area contributed by atoms with Gasteiger partial charge in [-0.3, -0.25) is 0 Å². The molecule has 1 aromatic carbocycles. The van der Waals surface area contributed by atoms with Crippen molar-refractivity contribution in [3.8, 4) is 6.07 Å². The van der Waals surface area contributed by atoms with E-state index < -0.39 is 21.6 Å². The molecule has 1 heterocycles. The van der Waals surface area contributed by atoms with Crippen LogP contribution >= 0.6 is 0 Å². The lowest BCUT2D eigenvalue weighted by molar-refractivity contribution is 0.235. The normalized spacial score (nSPS) is 15.7. The van der Waals surface area contributed by atoms with Gasteiger partial charge in [0.2, 0.25) is 15.8 Å². The van der Waals surface area contributed by atoms with Gasteiger partial charge in [-0.1, -0.05) is 12.8 Å². The molecule has 27 heavy (non-hydrogen) atoms. The summed E-state index contributed by atoms with van der Waals surface area (Å²) >= 11 is 0. The molecule has 2 amide bonds. The Morgan fingerprint density at radius 2 is 1.85 bits per heavy atom. The predicted molar refractivity (Wildman–Crippen MR) is 96.9 cm³/mol. The second-order valence-corrected chi connectivity index (χ2v) is 7.88. The number of carbonyl (C=O) groups excluding carboxylic acids is 1. The third kappa shape index (κ3) is 4.21. The van der Waals surface area contributed by atoms with Gasteiger partial charge in [0.1, 0.15) is 6.07 Å². The van der Waals surface area contributed by atoms with E-state index in [4.69, 9.17) is 10.4 Å². The Morgan fingerprint density at radius 1 is 1.19 bits per heavy atom. The Balaban J connectivity index is 1.77. The molecule has 0 saturated heterocycles. The number of nitrogens with one attached hydrogen (secondary N) is 2. The fourth-order valence-electron chi connectivity index (χ4n) is 3.21. The van der Waals surface area contributed by atoms with Crippen LogP contribution in [0.5, 0.6) is 0 Å². The van der Waals surface area contributed by atoms with Crippen molar-refractivity contribution >= 4 is 21.7 Å². The fraction of sp³-hybridized carbons (Fsp3) is 0.294. The molecule has 0 aliphatic heterocycles. The van der Waals surface area contributed by atoms with Gasteiger partial charge in [-0.05, 0) is 43.2 Å². The van der Waals surface area contributed by atoms with Crippen LogP contribution in [0.2, 0.25) is 0 Å². The third-order valence-corrected chi connectivity index (χ3v) is 5.43. The summed E-state index contributed by atoms with van der Waals surface area (Å²) in [4.78, 5) is 20.6. The molecular weight excluding hydrogens is 368 g/mol. The van der Waals surface area contributed by atoms with E-state index in [0.29, 0.717) is 24.2 Å². The van der Waals surface area contributed by atoms with E-state index in [1.807, 2.05) is 6.07 Å². The minimum absolute atomic E-state index is 0.0364. The van der Waals surface area contributed by atoms with Gasteiger partial charge in [0.05, 0.1) is 16.1 Å². The maximum Gasteiger partial charge on any atom is 0.319 e. The Hall–Kier alpha value is -3.03. The number of primary sulfonamides is 1. The molecule has 0 radical (unpaired) electrons. The first-order valence-electron chi connectivity index (χ1n) is 8.28. The summed E-state index contributed by atoms with van der Waals surface area (Å²) in [5.74, 6) is 0.0552. The largest absolute Gasteiger partial charge is 0.327 e. The highest BCUT2D eigenvalue weighted by atomic mass is 32.2. The summed E-state index contributed by atoms with van der Waals surface area (Å²) in [6, 6.07) is 8.72. The van der Waals surface area contributed by atoms with Crippen LogP contribution in [0, 0.1) is 11.3 Å². The third-order valence-electron chi connectivity index (χ3n) is 4.50. The maximum atomic E-state index is 12.5. The standard InChI is InChI=1S/C17H18N6O3S/c18-11-15-20-10-7-14(22-15)17(8-1-2-9-17)23-16(24)21-12-3-5-13(6-4-12)27(19,25)26/h3-7,10H,1-2,8-9H2,(H2,19,25,26)(H2,21,23,24). The topological polar surface area (TPSA) is 151 Å². The number of amides is 2. The average molecular weight is 386 g/mol. The van der Waals surface area contributed by atoms with Crippen molar-refractivity contribution < 1.29 is 13.2 Å². The number of urea groups is 1. The molecule has 9 nitrogen and oxygen atoms in total. The van der Waals surface area contributed by atoms with Gasteiger partial charge in [-0.15, -0.1) is 0 Å². The van der Waals surface area contributed by atoms with Gasteiger partial charge in [0.15, 0.2) is 0 Å². The highest BCUT2D eigenvalue weighted by Gasteiger charge is 2.38. The summed E-state index contributed by atoms with van der Waals surface area (Å²) in [5.41, 5.74) is 0.360. The molecule has 1 fully saturated rings. The molecule has 0 bridgehead atoms. The van der Waals surface area contributed by atoms with Crippen LogP contribution < -0.4 is 15.8 Å². The van der Waals surface area contributed by atoms with Crippen molar-refractivity contribution in [3.05, 3.63) is 48.0 Å². The molecular formula is C17H18N6O3S. The van der Waals surface area contributed by atoms with Crippen LogP contribution in [-0.4, -0.2) is 24.4 Å². The monoisotopic (exact) mass is 386 g/mol. The number of nitrogens with two attached hydrogens (primary N) is 1. The number of sulfonamides is 1. The number of aromatic nitrogens is 2. The van der Waals surface area contributed by atoms with Crippen LogP contribution in [0.3, 0.4) is 0 Å². The zero-order chi connectivity index (χ0) is 19.5. The van der Waals surface area contributed by atoms with Crippen molar-refractivity contribution in [2.24, 2.45) is 5.14 Å². The minimum Gasteiger partial charge on any atom is -0.327 e. The molecule has 4 N–H and O–H groups in total. The number of nitriles is 1. The molecule has 3 rings (SSSR count). The van der Waals surface area contributed by atoms with Crippen molar-refractivity contribution in [1.29, 1.82) is 5.26 Å². The highest BCUT2D eigenvalue weighted by molar-refractivity contribution is 7.89. The molecule has 140 valence electrons. The molecule has 0 unspecified atom stereocenters. The van der Waals surface area contributed by atoms with Gasteiger partial charge in [-0.25, -0.2) is 28.3 Å². The van der Waals surface area contributed by atoms with Gasteiger partial charge < -0.3 is 10.6 Å². The van der Waals surface area contributed by atoms with Crippen molar-refractivity contribution in [2.45, 2.75) is 36.1 Å². The van der Waals surface area contributed by atoms with Crippen LogP contribution in [-0.2, 0) is 15.6 Å². The molecule has 1 saturated carbocycles. The van der Waals surface area contributed by atoms with E-state index in [1.54, 1.807) is 6.07 Å². The number of anilines is 1. The number of benzene rings is 1. The van der Waals surface area contributed by atoms with Crippen molar-refractivity contribution in [1.82, 2.24) is 15.3 Å². The predicted octanol–water partition coefficient (Wildman–Crippen LogP) is 1.59. The maximum absolute atomic E-state index is 12.5.